The van der Waals surface area contributed by atoms with Crippen LogP contribution in [0.5, 0.6) is 0 Å². The summed E-state index contributed by atoms with van der Waals surface area (Å²) in [6.45, 7) is 13.4. The molecule has 0 amide bonds. The first-order valence-electron chi connectivity index (χ1n) is 6.45. The van der Waals surface area contributed by atoms with E-state index in [2.05, 4.69) is 51.1 Å². The lowest BCUT2D eigenvalue weighted by Crippen LogP contribution is -2.33. The van der Waals surface area contributed by atoms with Gasteiger partial charge in [-0.25, -0.2) is 4.98 Å². The Bertz CT molecular complexity index is 358. The van der Waals surface area contributed by atoms with E-state index in [1.54, 1.807) is 0 Å². The van der Waals surface area contributed by atoms with E-state index in [1.807, 2.05) is 12.5 Å². The number of nitrogens with two attached hydrogens (primary N) is 1. The fourth-order valence-corrected chi connectivity index (χ4v) is 2.68. The van der Waals surface area contributed by atoms with Gasteiger partial charge in [0.15, 0.2) is 0 Å². The second-order valence-corrected chi connectivity index (χ2v) is 6.75. The first-order chi connectivity index (χ1) is 7.67. The molecule has 3 nitrogen and oxygen atoms in total. The van der Waals surface area contributed by atoms with Crippen molar-refractivity contribution in [2.45, 2.75) is 66.0 Å². The van der Waals surface area contributed by atoms with Crippen LogP contribution in [0.15, 0.2) is 12.5 Å². The van der Waals surface area contributed by atoms with E-state index in [4.69, 9.17) is 5.73 Å². The molecule has 1 heterocycles. The van der Waals surface area contributed by atoms with Gasteiger partial charge < -0.3 is 10.3 Å². The van der Waals surface area contributed by atoms with Crippen LogP contribution in [0.1, 0.15) is 66.1 Å². The fourth-order valence-electron chi connectivity index (χ4n) is 2.68. The number of imidazole rings is 1. The average molecular weight is 237 g/mol. The van der Waals surface area contributed by atoms with Crippen LogP contribution >= 0.6 is 0 Å². The minimum absolute atomic E-state index is 0.0525. The summed E-state index contributed by atoms with van der Waals surface area (Å²) in [5, 5.41) is 0. The van der Waals surface area contributed by atoms with Crippen LogP contribution in [0, 0.1) is 5.41 Å². The minimum Gasteiger partial charge on any atom is -0.327 e. The molecule has 0 aromatic carbocycles. The first kappa shape index (κ1) is 14.2. The third-order valence-electron chi connectivity index (χ3n) is 3.10. The topological polar surface area (TPSA) is 43.8 Å². The van der Waals surface area contributed by atoms with E-state index >= 15 is 0 Å². The van der Waals surface area contributed by atoms with Gasteiger partial charge in [0, 0.05) is 17.8 Å². The van der Waals surface area contributed by atoms with Crippen LogP contribution in [0.4, 0.5) is 0 Å². The van der Waals surface area contributed by atoms with Crippen molar-refractivity contribution in [3.63, 3.8) is 0 Å². The molecule has 0 bridgehead atoms. The van der Waals surface area contributed by atoms with Crippen molar-refractivity contribution in [1.29, 1.82) is 0 Å². The van der Waals surface area contributed by atoms with E-state index in [1.165, 1.54) is 0 Å². The Morgan fingerprint density at radius 3 is 2.35 bits per heavy atom. The summed E-state index contributed by atoms with van der Waals surface area (Å²) in [5.41, 5.74) is 7.63. The monoisotopic (exact) mass is 237 g/mol. The standard InChI is InChI=1S/C14H27N3/c1-7-11(15)12-8-16-10-17(12)14(5,6)9-13(2,3)4/h8,10-11H,7,9,15H2,1-6H3/t11-/m1/s1. The summed E-state index contributed by atoms with van der Waals surface area (Å²) in [4.78, 5) is 4.27. The molecule has 0 spiro atoms. The third kappa shape index (κ3) is 3.56. The maximum atomic E-state index is 6.14. The van der Waals surface area contributed by atoms with Crippen molar-refractivity contribution in [2.24, 2.45) is 11.1 Å². The smallest absolute Gasteiger partial charge is 0.0953 e. The van der Waals surface area contributed by atoms with Gasteiger partial charge >= 0.3 is 0 Å². The molecule has 98 valence electrons. The lowest BCUT2D eigenvalue weighted by atomic mass is 9.81. The Hall–Kier alpha value is -0.830. The van der Waals surface area contributed by atoms with Gasteiger partial charge in [-0.2, -0.15) is 0 Å². The molecule has 0 aliphatic heterocycles. The van der Waals surface area contributed by atoms with E-state index in [0.29, 0.717) is 5.41 Å². The lowest BCUT2D eigenvalue weighted by Gasteiger charge is -2.35. The number of aromatic nitrogens is 2. The van der Waals surface area contributed by atoms with Gasteiger partial charge in [0.05, 0.1) is 12.0 Å². The largest absolute Gasteiger partial charge is 0.327 e. The zero-order valence-corrected chi connectivity index (χ0v) is 12.1. The summed E-state index contributed by atoms with van der Waals surface area (Å²) >= 11 is 0. The number of hydrogen-bond donors (Lipinski definition) is 1. The summed E-state index contributed by atoms with van der Waals surface area (Å²) < 4.78 is 2.24. The lowest BCUT2D eigenvalue weighted by molar-refractivity contribution is 0.208. The molecule has 0 aliphatic rings. The van der Waals surface area contributed by atoms with Crippen molar-refractivity contribution in [3.8, 4) is 0 Å². The van der Waals surface area contributed by atoms with Gasteiger partial charge in [-0.05, 0) is 32.1 Å². The van der Waals surface area contributed by atoms with Gasteiger partial charge in [0.25, 0.3) is 0 Å². The molecule has 0 fully saturated rings. The molecule has 1 aromatic heterocycles. The molecule has 1 atom stereocenters. The van der Waals surface area contributed by atoms with E-state index in [0.717, 1.165) is 18.5 Å². The highest BCUT2D eigenvalue weighted by Crippen LogP contribution is 2.34. The minimum atomic E-state index is 0.0525. The van der Waals surface area contributed by atoms with Crippen molar-refractivity contribution in [1.82, 2.24) is 9.55 Å². The molecular formula is C14H27N3. The maximum absolute atomic E-state index is 6.14. The molecule has 3 heteroatoms. The predicted molar refractivity (Wildman–Crippen MR) is 72.8 cm³/mol. The summed E-state index contributed by atoms with van der Waals surface area (Å²) in [6.07, 6.45) is 5.85. The summed E-state index contributed by atoms with van der Waals surface area (Å²) in [5.74, 6) is 0. The molecule has 0 aliphatic carbocycles. The fraction of sp³-hybridized carbons (Fsp3) is 0.786. The van der Waals surface area contributed by atoms with Crippen molar-refractivity contribution < 1.29 is 0 Å². The molecule has 0 saturated carbocycles. The number of hydrogen-bond acceptors (Lipinski definition) is 2. The molecule has 0 unspecified atom stereocenters. The van der Waals surface area contributed by atoms with E-state index < -0.39 is 0 Å². The van der Waals surface area contributed by atoms with Crippen molar-refractivity contribution in [3.05, 3.63) is 18.2 Å². The normalized spacial score (nSPS) is 15.0. The Labute approximate surface area is 105 Å². The van der Waals surface area contributed by atoms with Crippen molar-refractivity contribution >= 4 is 0 Å². The number of nitrogens with zero attached hydrogens (tertiary/aromatic N) is 2. The molecular weight excluding hydrogens is 210 g/mol. The average Bonchev–Trinajstić information content (AvgIpc) is 2.61. The third-order valence-corrected chi connectivity index (χ3v) is 3.10. The van der Waals surface area contributed by atoms with Crippen LogP contribution in [0.25, 0.3) is 0 Å². The highest BCUT2D eigenvalue weighted by molar-refractivity contribution is 5.08. The van der Waals surface area contributed by atoms with Crippen molar-refractivity contribution in [2.75, 3.05) is 0 Å². The van der Waals surface area contributed by atoms with Gasteiger partial charge in [-0.15, -0.1) is 0 Å². The molecule has 1 rings (SSSR count). The Morgan fingerprint density at radius 2 is 1.88 bits per heavy atom. The summed E-state index contributed by atoms with van der Waals surface area (Å²) in [6, 6.07) is 0.0803. The second kappa shape index (κ2) is 4.81. The molecule has 0 radical (unpaired) electrons. The Balaban J connectivity index is 3.03. The molecule has 2 N–H and O–H groups in total. The maximum Gasteiger partial charge on any atom is 0.0953 e. The van der Waals surface area contributed by atoms with Crippen LogP contribution in [0.2, 0.25) is 0 Å². The van der Waals surface area contributed by atoms with Crippen LogP contribution < -0.4 is 5.73 Å². The Morgan fingerprint density at radius 1 is 1.29 bits per heavy atom. The predicted octanol–water partition coefficient (Wildman–Crippen LogP) is 3.46. The van der Waals surface area contributed by atoms with E-state index in [9.17, 15) is 0 Å². The molecule has 1 aromatic rings. The van der Waals surface area contributed by atoms with Crippen LogP contribution in [0.3, 0.4) is 0 Å². The van der Waals surface area contributed by atoms with Crippen LogP contribution in [-0.4, -0.2) is 9.55 Å². The molecule has 0 saturated heterocycles. The quantitative estimate of drug-likeness (QED) is 0.871. The van der Waals surface area contributed by atoms with Crippen LogP contribution in [-0.2, 0) is 5.54 Å². The zero-order valence-electron chi connectivity index (χ0n) is 12.1. The van der Waals surface area contributed by atoms with Gasteiger partial charge in [0.1, 0.15) is 0 Å². The number of rotatable bonds is 4. The second-order valence-electron chi connectivity index (χ2n) is 6.75. The zero-order chi connectivity index (χ0) is 13.3. The first-order valence-corrected chi connectivity index (χ1v) is 6.45. The van der Waals surface area contributed by atoms with Gasteiger partial charge in [-0.3, -0.25) is 0 Å². The van der Waals surface area contributed by atoms with Gasteiger partial charge in [0.2, 0.25) is 0 Å². The SMILES string of the molecule is CC[C@@H](N)c1cncn1C(C)(C)CC(C)(C)C. The van der Waals surface area contributed by atoms with E-state index in [-0.39, 0.29) is 11.6 Å². The van der Waals surface area contributed by atoms with Gasteiger partial charge in [-0.1, -0.05) is 27.7 Å². The summed E-state index contributed by atoms with van der Waals surface area (Å²) in [7, 11) is 0. The highest BCUT2D eigenvalue weighted by atomic mass is 15.1. The molecule has 17 heavy (non-hydrogen) atoms. The highest BCUT2D eigenvalue weighted by Gasteiger charge is 2.29. The Kier molecular flexibility index (Phi) is 4.03.